The molecule has 0 spiro atoms. The summed E-state index contributed by atoms with van der Waals surface area (Å²) in [5.74, 6) is -2.34. The van der Waals surface area contributed by atoms with Crippen LogP contribution in [0.5, 0.6) is 0 Å². The summed E-state index contributed by atoms with van der Waals surface area (Å²) in [6, 6.07) is 15.8. The van der Waals surface area contributed by atoms with Gasteiger partial charge in [0, 0.05) is 12.2 Å². The SMILES string of the molecule is C=c1ccccc1=C.O=C1C=CC(=O)O1.O=C1OC(=O)C2Cc3ccccc3CC12. The van der Waals surface area contributed by atoms with E-state index in [1.165, 1.54) is 11.1 Å². The molecule has 2 aliphatic heterocycles. The molecular formula is C24H20O6. The molecule has 2 heterocycles. The number of fused-ring (bicyclic) bond motifs is 2. The van der Waals surface area contributed by atoms with Gasteiger partial charge in [0.05, 0.1) is 11.8 Å². The molecule has 1 fully saturated rings. The van der Waals surface area contributed by atoms with Gasteiger partial charge in [-0.2, -0.15) is 0 Å². The standard InChI is InChI=1S/C12H10O3.C8H8.C4H2O3/c13-11-9-5-7-3-1-2-4-8(7)6-10(9)12(14)15-11;1-7-5-3-4-6-8(7)2;5-3-1-2-4(6)7-3/h1-4,9-10H,5-6H2;3-6H,1-2H2;1-2H. The minimum absolute atomic E-state index is 0.243. The van der Waals surface area contributed by atoms with Crippen LogP contribution in [0.4, 0.5) is 0 Å². The van der Waals surface area contributed by atoms with E-state index >= 15 is 0 Å². The van der Waals surface area contributed by atoms with Crippen LogP contribution in [0.1, 0.15) is 11.1 Å². The summed E-state index contributed by atoms with van der Waals surface area (Å²) >= 11 is 0. The van der Waals surface area contributed by atoms with Crippen molar-refractivity contribution in [3.8, 4) is 0 Å². The second-order valence-electron chi connectivity index (χ2n) is 6.97. The molecule has 2 unspecified atom stereocenters. The highest BCUT2D eigenvalue weighted by atomic mass is 16.6. The summed E-state index contributed by atoms with van der Waals surface area (Å²) in [7, 11) is 0. The van der Waals surface area contributed by atoms with Crippen molar-refractivity contribution < 1.29 is 28.7 Å². The number of ether oxygens (including phenoxy) is 2. The van der Waals surface area contributed by atoms with Gasteiger partial charge in [-0.1, -0.05) is 61.7 Å². The van der Waals surface area contributed by atoms with E-state index in [0.29, 0.717) is 12.8 Å². The van der Waals surface area contributed by atoms with Crippen molar-refractivity contribution in [3.05, 3.63) is 82.2 Å². The molecule has 152 valence electrons. The number of esters is 4. The molecule has 1 aliphatic carbocycles. The lowest BCUT2D eigenvalue weighted by atomic mass is 9.77. The number of cyclic esters (lactones) is 4. The van der Waals surface area contributed by atoms with E-state index in [1.54, 1.807) is 0 Å². The average molecular weight is 404 g/mol. The Hall–Kier alpha value is -3.80. The lowest BCUT2D eigenvalue weighted by Crippen LogP contribution is -2.27. The molecule has 0 saturated carbocycles. The number of rotatable bonds is 0. The normalized spacial score (nSPS) is 20.7. The molecule has 6 heteroatoms. The zero-order chi connectivity index (χ0) is 21.7. The van der Waals surface area contributed by atoms with Crippen molar-refractivity contribution in [1.29, 1.82) is 0 Å². The summed E-state index contributed by atoms with van der Waals surface area (Å²) in [4.78, 5) is 42.6. The molecule has 0 amide bonds. The predicted molar refractivity (Wildman–Crippen MR) is 109 cm³/mol. The van der Waals surface area contributed by atoms with Crippen molar-refractivity contribution in [1.82, 2.24) is 0 Å². The van der Waals surface area contributed by atoms with Crippen molar-refractivity contribution >= 4 is 37.0 Å². The number of carbonyl (C=O) groups excluding carboxylic acids is 4. The fourth-order valence-electron chi connectivity index (χ4n) is 3.32. The van der Waals surface area contributed by atoms with E-state index in [4.69, 9.17) is 0 Å². The molecule has 2 atom stereocenters. The quantitative estimate of drug-likeness (QED) is 0.485. The molecule has 2 aromatic carbocycles. The van der Waals surface area contributed by atoms with Crippen LogP contribution in [0, 0.1) is 11.8 Å². The maximum atomic E-state index is 11.4. The maximum Gasteiger partial charge on any atom is 0.338 e. The topological polar surface area (TPSA) is 86.7 Å². The third kappa shape index (κ3) is 4.97. The van der Waals surface area contributed by atoms with Crippen LogP contribution < -0.4 is 10.4 Å². The maximum absolute atomic E-state index is 11.4. The van der Waals surface area contributed by atoms with Gasteiger partial charge in [0.2, 0.25) is 0 Å². The summed E-state index contributed by atoms with van der Waals surface area (Å²) < 4.78 is 8.63. The summed E-state index contributed by atoms with van der Waals surface area (Å²) in [5.41, 5.74) is 2.34. The van der Waals surface area contributed by atoms with E-state index in [1.807, 2.05) is 48.5 Å². The Morgan fingerprint density at radius 2 is 1.03 bits per heavy atom. The van der Waals surface area contributed by atoms with E-state index in [0.717, 1.165) is 22.6 Å². The first kappa shape index (κ1) is 20.9. The monoisotopic (exact) mass is 404 g/mol. The summed E-state index contributed by atoms with van der Waals surface area (Å²) in [6.45, 7) is 7.52. The summed E-state index contributed by atoms with van der Waals surface area (Å²) in [5, 5.41) is 2.01. The molecule has 3 aliphatic rings. The van der Waals surface area contributed by atoms with Gasteiger partial charge in [-0.15, -0.1) is 0 Å². The van der Waals surface area contributed by atoms with E-state index in [2.05, 4.69) is 22.6 Å². The largest absolute Gasteiger partial charge is 0.393 e. The van der Waals surface area contributed by atoms with Gasteiger partial charge in [0.1, 0.15) is 0 Å². The number of hydrogen-bond donors (Lipinski definition) is 0. The molecule has 6 nitrogen and oxygen atoms in total. The van der Waals surface area contributed by atoms with Crippen LogP contribution >= 0.6 is 0 Å². The Morgan fingerprint density at radius 1 is 0.633 bits per heavy atom. The molecule has 0 bridgehead atoms. The van der Waals surface area contributed by atoms with Crippen LogP contribution in [-0.2, 0) is 41.5 Å². The minimum Gasteiger partial charge on any atom is -0.393 e. The molecule has 0 N–H and O–H groups in total. The van der Waals surface area contributed by atoms with Crippen molar-refractivity contribution in [2.45, 2.75) is 12.8 Å². The fourth-order valence-corrected chi connectivity index (χ4v) is 3.32. The minimum atomic E-state index is -0.579. The zero-order valence-corrected chi connectivity index (χ0v) is 16.2. The van der Waals surface area contributed by atoms with Gasteiger partial charge in [-0.25, -0.2) is 9.59 Å². The second-order valence-corrected chi connectivity index (χ2v) is 6.97. The molecule has 5 rings (SSSR count). The van der Waals surface area contributed by atoms with Crippen LogP contribution in [0.15, 0.2) is 60.7 Å². The molecular weight excluding hydrogens is 384 g/mol. The van der Waals surface area contributed by atoms with Gasteiger partial charge < -0.3 is 9.47 Å². The molecule has 2 aromatic rings. The van der Waals surface area contributed by atoms with Crippen LogP contribution in [-0.4, -0.2) is 23.9 Å². The lowest BCUT2D eigenvalue weighted by molar-refractivity contribution is -0.154. The highest BCUT2D eigenvalue weighted by Crippen LogP contribution is 2.35. The molecule has 0 aromatic heterocycles. The third-order valence-electron chi connectivity index (χ3n) is 4.97. The lowest BCUT2D eigenvalue weighted by Gasteiger charge is -2.22. The van der Waals surface area contributed by atoms with E-state index in [9.17, 15) is 19.2 Å². The zero-order valence-electron chi connectivity index (χ0n) is 16.2. The van der Waals surface area contributed by atoms with Gasteiger partial charge in [-0.3, -0.25) is 9.59 Å². The Bertz CT molecular complexity index is 1040. The predicted octanol–water partition coefficient (Wildman–Crippen LogP) is 1.23. The Labute approximate surface area is 173 Å². The van der Waals surface area contributed by atoms with Gasteiger partial charge in [0.25, 0.3) is 0 Å². The van der Waals surface area contributed by atoms with Gasteiger partial charge in [0.15, 0.2) is 0 Å². The first-order valence-electron chi connectivity index (χ1n) is 9.34. The number of hydrogen-bond acceptors (Lipinski definition) is 6. The van der Waals surface area contributed by atoms with E-state index < -0.39 is 11.9 Å². The third-order valence-corrected chi connectivity index (χ3v) is 4.97. The van der Waals surface area contributed by atoms with E-state index in [-0.39, 0.29) is 23.8 Å². The van der Waals surface area contributed by atoms with Crippen LogP contribution in [0.25, 0.3) is 13.2 Å². The van der Waals surface area contributed by atoms with Gasteiger partial charge >= 0.3 is 23.9 Å². The smallest absolute Gasteiger partial charge is 0.338 e. The van der Waals surface area contributed by atoms with Crippen LogP contribution in [0.3, 0.4) is 0 Å². The Kier molecular flexibility index (Phi) is 6.37. The van der Waals surface area contributed by atoms with Crippen molar-refractivity contribution in [3.63, 3.8) is 0 Å². The number of benzene rings is 2. The first-order chi connectivity index (χ1) is 14.3. The van der Waals surface area contributed by atoms with Crippen molar-refractivity contribution in [2.75, 3.05) is 0 Å². The summed E-state index contributed by atoms with van der Waals surface area (Å²) in [6.07, 6.45) is 3.46. The molecule has 30 heavy (non-hydrogen) atoms. The first-order valence-corrected chi connectivity index (χ1v) is 9.34. The van der Waals surface area contributed by atoms with Crippen LogP contribution in [0.2, 0.25) is 0 Å². The average Bonchev–Trinajstić information content (AvgIpc) is 3.24. The molecule has 1 saturated heterocycles. The Balaban J connectivity index is 0.000000144. The fraction of sp³-hybridized carbons (Fsp3) is 0.167. The highest BCUT2D eigenvalue weighted by Gasteiger charge is 2.46. The Morgan fingerprint density at radius 3 is 1.37 bits per heavy atom. The highest BCUT2D eigenvalue weighted by molar-refractivity contribution is 6.04. The van der Waals surface area contributed by atoms with Crippen molar-refractivity contribution in [2.24, 2.45) is 11.8 Å². The van der Waals surface area contributed by atoms with Gasteiger partial charge in [-0.05, 0) is 34.4 Å². The second kappa shape index (κ2) is 9.13. The number of carbonyl (C=O) groups is 4. The molecule has 0 radical (unpaired) electrons.